The predicted molar refractivity (Wildman–Crippen MR) is 105 cm³/mol. The van der Waals surface area contributed by atoms with E-state index in [0.717, 1.165) is 61.4 Å². The largest absolute Gasteiger partial charge is 0.378 e. The quantitative estimate of drug-likeness (QED) is 0.889. The van der Waals surface area contributed by atoms with Gasteiger partial charge in [0.15, 0.2) is 0 Å². The van der Waals surface area contributed by atoms with E-state index >= 15 is 0 Å². The van der Waals surface area contributed by atoms with Crippen molar-refractivity contribution in [3.8, 4) is 0 Å². The maximum Gasteiger partial charge on any atom is 0.265 e. The first-order valence-corrected chi connectivity index (χ1v) is 10.3. The van der Waals surface area contributed by atoms with Gasteiger partial charge in [0.1, 0.15) is 5.82 Å². The Hall–Kier alpha value is -1.92. The second-order valence-corrected chi connectivity index (χ2v) is 8.17. The molecule has 0 saturated carbocycles. The van der Waals surface area contributed by atoms with E-state index in [1.54, 1.807) is 17.5 Å². The van der Waals surface area contributed by atoms with Crippen molar-refractivity contribution < 1.29 is 9.53 Å². The van der Waals surface area contributed by atoms with Crippen LogP contribution < -0.4 is 10.2 Å². The molecule has 1 N–H and O–H groups in total. The smallest absolute Gasteiger partial charge is 0.265 e. The van der Waals surface area contributed by atoms with Gasteiger partial charge in [-0.1, -0.05) is 13.3 Å². The van der Waals surface area contributed by atoms with Gasteiger partial charge in [-0.3, -0.25) is 4.79 Å². The summed E-state index contributed by atoms with van der Waals surface area (Å²) in [5, 5.41) is 2.99. The molecule has 1 aliphatic carbocycles. The first-order chi connectivity index (χ1) is 12.7. The second kappa shape index (κ2) is 7.76. The maximum absolute atomic E-state index is 12.6. The average molecular weight is 372 g/mol. The molecular formula is C20H25N3O2S. The van der Waals surface area contributed by atoms with Crippen molar-refractivity contribution in [1.29, 1.82) is 0 Å². The number of carbonyl (C=O) groups excluding carboxylic acids is 1. The number of aromatic nitrogens is 1. The monoisotopic (exact) mass is 371 g/mol. The van der Waals surface area contributed by atoms with Crippen molar-refractivity contribution in [1.82, 2.24) is 4.98 Å². The molecule has 138 valence electrons. The highest BCUT2D eigenvalue weighted by Gasteiger charge is 2.22. The number of morpholine rings is 1. The molecule has 6 heteroatoms. The SMILES string of the molecule is CC[C@@H]1CCc2sc(C(=O)Nc3ccc(N4CCOCC4)nc3)cc2C1. The maximum atomic E-state index is 12.6. The van der Waals surface area contributed by atoms with E-state index in [4.69, 9.17) is 4.74 Å². The molecule has 0 unspecified atom stereocenters. The van der Waals surface area contributed by atoms with E-state index < -0.39 is 0 Å². The van der Waals surface area contributed by atoms with Gasteiger partial charge in [0.25, 0.3) is 5.91 Å². The number of ether oxygens (including phenoxy) is 1. The summed E-state index contributed by atoms with van der Waals surface area (Å²) in [4.78, 5) is 21.5. The third-order valence-corrected chi connectivity index (χ3v) is 6.56. The number of hydrogen-bond acceptors (Lipinski definition) is 5. The van der Waals surface area contributed by atoms with Gasteiger partial charge < -0.3 is 15.0 Å². The van der Waals surface area contributed by atoms with E-state index in [2.05, 4.69) is 28.2 Å². The highest BCUT2D eigenvalue weighted by atomic mass is 32.1. The number of nitrogens with one attached hydrogen (secondary N) is 1. The predicted octanol–water partition coefficient (Wildman–Crippen LogP) is 3.75. The highest BCUT2D eigenvalue weighted by molar-refractivity contribution is 7.14. The van der Waals surface area contributed by atoms with E-state index in [9.17, 15) is 4.79 Å². The summed E-state index contributed by atoms with van der Waals surface area (Å²) in [5.41, 5.74) is 2.11. The number of carbonyl (C=O) groups is 1. The second-order valence-electron chi connectivity index (χ2n) is 7.03. The Labute approximate surface area is 158 Å². The molecule has 3 heterocycles. The Kier molecular flexibility index (Phi) is 5.22. The summed E-state index contributed by atoms with van der Waals surface area (Å²) in [6.45, 7) is 5.45. The fourth-order valence-corrected chi connectivity index (χ4v) is 4.80. The van der Waals surface area contributed by atoms with Gasteiger partial charge in [0, 0.05) is 18.0 Å². The van der Waals surface area contributed by atoms with Crippen LogP contribution in [0, 0.1) is 5.92 Å². The van der Waals surface area contributed by atoms with Crippen molar-refractivity contribution in [3.63, 3.8) is 0 Å². The molecule has 0 radical (unpaired) electrons. The Morgan fingerprint density at radius 2 is 2.23 bits per heavy atom. The lowest BCUT2D eigenvalue weighted by Crippen LogP contribution is -2.36. The third-order valence-electron chi connectivity index (χ3n) is 5.33. The fraction of sp³-hybridized carbons (Fsp3) is 0.500. The van der Waals surface area contributed by atoms with Crippen LogP contribution in [-0.4, -0.2) is 37.2 Å². The van der Waals surface area contributed by atoms with E-state index in [1.165, 1.54) is 23.3 Å². The van der Waals surface area contributed by atoms with Gasteiger partial charge in [-0.05, 0) is 48.9 Å². The molecule has 1 atom stereocenters. The van der Waals surface area contributed by atoms with Gasteiger partial charge in [0.2, 0.25) is 0 Å². The number of rotatable bonds is 4. The first kappa shape index (κ1) is 17.5. The van der Waals surface area contributed by atoms with Crippen molar-refractivity contribution in [2.24, 2.45) is 5.92 Å². The number of aryl methyl sites for hydroxylation is 1. The van der Waals surface area contributed by atoms with Crippen LogP contribution in [0.25, 0.3) is 0 Å². The first-order valence-electron chi connectivity index (χ1n) is 9.44. The molecule has 1 amide bonds. The van der Waals surface area contributed by atoms with Crippen LogP contribution in [0.3, 0.4) is 0 Å². The molecule has 2 aromatic rings. The topological polar surface area (TPSA) is 54.5 Å². The Morgan fingerprint density at radius 3 is 2.96 bits per heavy atom. The molecule has 0 bridgehead atoms. The van der Waals surface area contributed by atoms with Crippen LogP contribution in [0.5, 0.6) is 0 Å². The number of hydrogen-bond donors (Lipinski definition) is 1. The van der Waals surface area contributed by atoms with Crippen LogP contribution in [0.2, 0.25) is 0 Å². The van der Waals surface area contributed by atoms with Crippen molar-refractivity contribution >= 4 is 28.7 Å². The van der Waals surface area contributed by atoms with Gasteiger partial charge in [0.05, 0.1) is 30.0 Å². The lowest BCUT2D eigenvalue weighted by atomic mass is 9.87. The van der Waals surface area contributed by atoms with Crippen LogP contribution in [0.1, 0.15) is 39.9 Å². The zero-order valence-corrected chi connectivity index (χ0v) is 16.0. The molecule has 4 rings (SSSR count). The van der Waals surface area contributed by atoms with E-state index in [0.29, 0.717) is 0 Å². The van der Waals surface area contributed by atoms with Crippen molar-refractivity contribution in [2.75, 3.05) is 36.5 Å². The molecule has 0 aromatic carbocycles. The molecular weight excluding hydrogens is 346 g/mol. The molecule has 2 aromatic heterocycles. The molecule has 1 fully saturated rings. The standard InChI is InChI=1S/C20H25N3O2S/c1-2-14-3-5-17-15(11-14)12-18(26-17)20(24)22-16-4-6-19(21-13-16)23-7-9-25-10-8-23/h4,6,12-14H,2-3,5,7-11H2,1H3,(H,22,24)/t14-/m1/s1. The lowest BCUT2D eigenvalue weighted by molar-refractivity contribution is 0.103. The Balaban J connectivity index is 1.41. The van der Waals surface area contributed by atoms with Crippen molar-refractivity contribution in [2.45, 2.75) is 32.6 Å². The minimum absolute atomic E-state index is 0.0293. The van der Waals surface area contributed by atoms with Crippen LogP contribution >= 0.6 is 11.3 Å². The Morgan fingerprint density at radius 1 is 1.38 bits per heavy atom. The minimum atomic E-state index is -0.0293. The molecule has 0 spiro atoms. The number of anilines is 2. The average Bonchev–Trinajstić information content (AvgIpc) is 3.12. The summed E-state index contributed by atoms with van der Waals surface area (Å²) < 4.78 is 5.37. The summed E-state index contributed by atoms with van der Waals surface area (Å²) in [6, 6.07) is 5.98. The van der Waals surface area contributed by atoms with E-state index in [1.807, 2.05) is 12.1 Å². The van der Waals surface area contributed by atoms with Crippen molar-refractivity contribution in [3.05, 3.63) is 39.7 Å². The van der Waals surface area contributed by atoms with Gasteiger partial charge >= 0.3 is 0 Å². The van der Waals surface area contributed by atoms with E-state index in [-0.39, 0.29) is 5.91 Å². The molecule has 26 heavy (non-hydrogen) atoms. The summed E-state index contributed by atoms with van der Waals surface area (Å²) in [5.74, 6) is 1.67. The third kappa shape index (κ3) is 3.76. The van der Waals surface area contributed by atoms with Crippen LogP contribution in [0.15, 0.2) is 24.4 Å². The minimum Gasteiger partial charge on any atom is -0.378 e. The molecule has 1 aliphatic heterocycles. The van der Waals surface area contributed by atoms with Crippen LogP contribution in [0.4, 0.5) is 11.5 Å². The number of pyridine rings is 1. The zero-order valence-electron chi connectivity index (χ0n) is 15.2. The number of nitrogens with zero attached hydrogens (tertiary/aromatic N) is 2. The van der Waals surface area contributed by atoms with Gasteiger partial charge in [-0.25, -0.2) is 4.98 Å². The molecule has 1 saturated heterocycles. The summed E-state index contributed by atoms with van der Waals surface area (Å²) >= 11 is 1.65. The fourth-order valence-electron chi connectivity index (χ4n) is 3.69. The number of thiophene rings is 1. The van der Waals surface area contributed by atoms with Gasteiger partial charge in [-0.15, -0.1) is 11.3 Å². The summed E-state index contributed by atoms with van der Waals surface area (Å²) in [7, 11) is 0. The Bertz CT molecular complexity index is 766. The molecule has 5 nitrogen and oxygen atoms in total. The van der Waals surface area contributed by atoms with Gasteiger partial charge in [-0.2, -0.15) is 0 Å². The molecule has 2 aliphatic rings. The lowest BCUT2D eigenvalue weighted by Gasteiger charge is -2.27. The highest BCUT2D eigenvalue weighted by Crippen LogP contribution is 2.33. The van der Waals surface area contributed by atoms with Crippen LogP contribution in [-0.2, 0) is 17.6 Å². The number of amides is 1. The summed E-state index contributed by atoms with van der Waals surface area (Å²) in [6.07, 6.45) is 6.44. The number of fused-ring (bicyclic) bond motifs is 1. The normalized spacial score (nSPS) is 19.9. The zero-order chi connectivity index (χ0) is 17.9.